The second-order valence-electron chi connectivity index (χ2n) is 5.62. The van der Waals surface area contributed by atoms with Gasteiger partial charge in [0.15, 0.2) is 6.61 Å². The van der Waals surface area contributed by atoms with Crippen molar-refractivity contribution in [2.75, 3.05) is 13.2 Å². The van der Waals surface area contributed by atoms with Gasteiger partial charge in [0.25, 0.3) is 5.91 Å². The molecule has 1 amide bonds. The number of amides is 1. The molecule has 0 unspecified atom stereocenters. The van der Waals surface area contributed by atoms with E-state index in [1.54, 1.807) is 0 Å². The first kappa shape index (κ1) is 16.6. The molecular formula is C16H20F3NO2. The third kappa shape index (κ3) is 5.24. The molecule has 22 heavy (non-hydrogen) atoms. The molecule has 1 aromatic rings. The molecule has 6 heteroatoms. The van der Waals surface area contributed by atoms with Crippen LogP contribution in [0, 0.1) is 5.92 Å². The van der Waals surface area contributed by atoms with Crippen molar-refractivity contribution in [3.63, 3.8) is 0 Å². The summed E-state index contributed by atoms with van der Waals surface area (Å²) in [5.41, 5.74) is -0.735. The minimum Gasteiger partial charge on any atom is -0.484 e. The number of hydrogen-bond donors (Lipinski definition) is 1. The van der Waals surface area contributed by atoms with Crippen molar-refractivity contribution < 1.29 is 22.7 Å². The van der Waals surface area contributed by atoms with E-state index >= 15 is 0 Å². The number of halogens is 3. The summed E-state index contributed by atoms with van der Waals surface area (Å²) in [6, 6.07) is 4.32. The number of nitrogens with one attached hydrogen (secondary N) is 1. The van der Waals surface area contributed by atoms with E-state index in [4.69, 9.17) is 4.74 Å². The summed E-state index contributed by atoms with van der Waals surface area (Å²) in [4.78, 5) is 11.7. The van der Waals surface area contributed by atoms with Crippen LogP contribution in [0.4, 0.5) is 13.2 Å². The lowest BCUT2D eigenvalue weighted by Crippen LogP contribution is -2.33. The topological polar surface area (TPSA) is 38.3 Å². The van der Waals surface area contributed by atoms with Crippen molar-refractivity contribution >= 4 is 5.91 Å². The fourth-order valence-corrected chi connectivity index (χ4v) is 2.59. The normalized spacial score (nSPS) is 16.3. The van der Waals surface area contributed by atoms with Crippen molar-refractivity contribution in [2.45, 2.75) is 38.3 Å². The Kier molecular flexibility index (Phi) is 5.69. The smallest absolute Gasteiger partial charge is 0.416 e. The molecule has 0 aromatic heterocycles. The number of alkyl halides is 3. The molecule has 1 aliphatic rings. The van der Waals surface area contributed by atoms with E-state index in [0.717, 1.165) is 25.0 Å². The molecule has 122 valence electrons. The molecule has 1 N–H and O–H groups in total. The van der Waals surface area contributed by atoms with E-state index in [0.29, 0.717) is 12.5 Å². The molecule has 0 bridgehead atoms. The van der Waals surface area contributed by atoms with Gasteiger partial charge in [-0.15, -0.1) is 0 Å². The molecule has 1 saturated carbocycles. The quantitative estimate of drug-likeness (QED) is 0.898. The highest BCUT2D eigenvalue weighted by molar-refractivity contribution is 5.77. The summed E-state index contributed by atoms with van der Waals surface area (Å²) < 4.78 is 42.4. The third-order valence-electron chi connectivity index (χ3n) is 3.86. The summed E-state index contributed by atoms with van der Waals surface area (Å²) in [5.74, 6) is 0.537. The zero-order chi connectivity index (χ0) is 16.0. The molecule has 3 nitrogen and oxygen atoms in total. The molecule has 1 aromatic carbocycles. The van der Waals surface area contributed by atoms with E-state index in [9.17, 15) is 18.0 Å². The molecule has 0 atom stereocenters. The lowest BCUT2D eigenvalue weighted by atomic mass is 9.89. The predicted octanol–water partition coefficient (Wildman–Crippen LogP) is 3.78. The Hall–Kier alpha value is -1.72. The monoisotopic (exact) mass is 315 g/mol. The van der Waals surface area contributed by atoms with Crippen LogP contribution in [0.3, 0.4) is 0 Å². The fourth-order valence-electron chi connectivity index (χ4n) is 2.59. The molecular weight excluding hydrogens is 295 g/mol. The molecule has 0 saturated heterocycles. The Bertz CT molecular complexity index is 479. The lowest BCUT2D eigenvalue weighted by molar-refractivity contribution is -0.137. The highest BCUT2D eigenvalue weighted by Gasteiger charge is 2.30. The summed E-state index contributed by atoms with van der Waals surface area (Å²) >= 11 is 0. The van der Waals surface area contributed by atoms with Gasteiger partial charge in [-0.2, -0.15) is 13.2 Å². The Balaban J connectivity index is 1.71. The first-order chi connectivity index (χ1) is 10.4. The van der Waals surface area contributed by atoms with E-state index < -0.39 is 11.7 Å². The van der Waals surface area contributed by atoms with Crippen LogP contribution >= 0.6 is 0 Å². The van der Waals surface area contributed by atoms with Crippen LogP contribution in [-0.2, 0) is 11.0 Å². The van der Waals surface area contributed by atoms with Gasteiger partial charge in [0, 0.05) is 6.54 Å². The zero-order valence-corrected chi connectivity index (χ0v) is 12.3. The van der Waals surface area contributed by atoms with Crippen molar-refractivity contribution in [3.8, 4) is 5.75 Å². The first-order valence-corrected chi connectivity index (χ1v) is 7.52. The van der Waals surface area contributed by atoms with E-state index in [2.05, 4.69) is 5.32 Å². The zero-order valence-electron chi connectivity index (χ0n) is 12.3. The molecule has 0 radical (unpaired) electrons. The van der Waals surface area contributed by atoms with Crippen LogP contribution in [0.2, 0.25) is 0 Å². The molecule has 0 aliphatic heterocycles. The van der Waals surface area contributed by atoms with Crippen molar-refractivity contribution in [1.29, 1.82) is 0 Å². The van der Waals surface area contributed by atoms with Gasteiger partial charge in [0.2, 0.25) is 0 Å². The van der Waals surface area contributed by atoms with Gasteiger partial charge >= 0.3 is 6.18 Å². The predicted molar refractivity (Wildman–Crippen MR) is 76.5 cm³/mol. The van der Waals surface area contributed by atoms with Gasteiger partial charge in [-0.05, 0) is 43.0 Å². The van der Waals surface area contributed by atoms with Crippen LogP contribution in [-0.4, -0.2) is 19.1 Å². The fraction of sp³-hybridized carbons (Fsp3) is 0.562. The van der Waals surface area contributed by atoms with Crippen LogP contribution in [0.15, 0.2) is 24.3 Å². The molecule has 0 heterocycles. The minimum absolute atomic E-state index is 0.182. The highest BCUT2D eigenvalue weighted by atomic mass is 19.4. The molecule has 1 aliphatic carbocycles. The van der Waals surface area contributed by atoms with Crippen LogP contribution in [0.5, 0.6) is 5.75 Å². The number of hydrogen-bond acceptors (Lipinski definition) is 2. The molecule has 2 rings (SSSR count). The molecule has 1 fully saturated rings. The second-order valence-corrected chi connectivity index (χ2v) is 5.62. The standard InChI is InChI=1S/C16H20F3NO2/c17-16(18,19)13-6-8-14(9-7-13)22-11-15(21)20-10-12-4-2-1-3-5-12/h6-9,12H,1-5,10-11H2,(H,20,21). The van der Waals surface area contributed by atoms with Crippen molar-refractivity contribution in [1.82, 2.24) is 5.32 Å². The Labute approximate surface area is 127 Å². The average molecular weight is 315 g/mol. The maximum atomic E-state index is 12.4. The highest BCUT2D eigenvalue weighted by Crippen LogP contribution is 2.30. The van der Waals surface area contributed by atoms with Crippen molar-refractivity contribution in [2.24, 2.45) is 5.92 Å². The molecule has 0 spiro atoms. The summed E-state index contributed by atoms with van der Waals surface area (Å²) in [6.45, 7) is 0.466. The largest absolute Gasteiger partial charge is 0.484 e. The number of rotatable bonds is 5. The summed E-state index contributed by atoms with van der Waals surface area (Å²) in [6.07, 6.45) is 1.60. The minimum atomic E-state index is -4.37. The number of benzene rings is 1. The van der Waals surface area contributed by atoms with Crippen LogP contribution < -0.4 is 10.1 Å². The number of carbonyl (C=O) groups is 1. The number of ether oxygens (including phenoxy) is 1. The van der Waals surface area contributed by atoms with Gasteiger partial charge < -0.3 is 10.1 Å². The van der Waals surface area contributed by atoms with Gasteiger partial charge in [-0.25, -0.2) is 0 Å². The third-order valence-corrected chi connectivity index (χ3v) is 3.86. The van der Waals surface area contributed by atoms with E-state index in [1.807, 2.05) is 0 Å². The Morgan fingerprint density at radius 2 is 1.77 bits per heavy atom. The Morgan fingerprint density at radius 3 is 2.36 bits per heavy atom. The van der Waals surface area contributed by atoms with Gasteiger partial charge in [-0.3, -0.25) is 4.79 Å². The van der Waals surface area contributed by atoms with Crippen LogP contribution in [0.1, 0.15) is 37.7 Å². The van der Waals surface area contributed by atoms with Gasteiger partial charge in [0.05, 0.1) is 5.56 Å². The Morgan fingerprint density at radius 1 is 1.14 bits per heavy atom. The lowest BCUT2D eigenvalue weighted by Gasteiger charge is -2.21. The number of carbonyl (C=O) groups excluding carboxylic acids is 1. The summed E-state index contributed by atoms with van der Waals surface area (Å²) in [5, 5.41) is 2.81. The average Bonchev–Trinajstić information content (AvgIpc) is 2.51. The van der Waals surface area contributed by atoms with E-state index in [-0.39, 0.29) is 18.3 Å². The second kappa shape index (κ2) is 7.51. The first-order valence-electron chi connectivity index (χ1n) is 7.52. The van der Waals surface area contributed by atoms with Gasteiger partial charge in [0.1, 0.15) is 5.75 Å². The van der Waals surface area contributed by atoms with Gasteiger partial charge in [-0.1, -0.05) is 19.3 Å². The maximum Gasteiger partial charge on any atom is 0.416 e. The van der Waals surface area contributed by atoms with E-state index in [1.165, 1.54) is 31.4 Å². The maximum absolute atomic E-state index is 12.4. The van der Waals surface area contributed by atoms with Crippen molar-refractivity contribution in [3.05, 3.63) is 29.8 Å². The SMILES string of the molecule is O=C(COc1ccc(C(F)(F)F)cc1)NCC1CCCCC1. The van der Waals surface area contributed by atoms with Crippen LogP contribution in [0.25, 0.3) is 0 Å². The summed E-state index contributed by atoms with van der Waals surface area (Å²) in [7, 11) is 0.